The second-order valence-corrected chi connectivity index (χ2v) is 7.98. The first-order valence-electron chi connectivity index (χ1n) is 9.86. The van der Waals surface area contributed by atoms with E-state index >= 15 is 0 Å². The molecule has 152 valence electrons. The van der Waals surface area contributed by atoms with Crippen molar-refractivity contribution in [2.75, 3.05) is 17.7 Å². The Morgan fingerprint density at radius 2 is 1.58 bits per heavy atom. The maximum atomic E-state index is 12.8. The van der Waals surface area contributed by atoms with Crippen LogP contribution >= 0.6 is 11.8 Å². The Hall–Kier alpha value is -3.71. The van der Waals surface area contributed by atoms with Gasteiger partial charge in [0.2, 0.25) is 5.91 Å². The van der Waals surface area contributed by atoms with Crippen LogP contribution in [0.4, 0.5) is 5.69 Å². The highest BCUT2D eigenvalue weighted by Crippen LogP contribution is 2.29. The van der Waals surface area contributed by atoms with E-state index in [4.69, 9.17) is 4.98 Å². The third kappa shape index (κ3) is 3.64. The minimum absolute atomic E-state index is 0.0111. The summed E-state index contributed by atoms with van der Waals surface area (Å²) in [6.07, 6.45) is 0. The van der Waals surface area contributed by atoms with E-state index in [1.54, 1.807) is 11.9 Å². The molecule has 3 aromatic carbocycles. The highest BCUT2D eigenvalue weighted by atomic mass is 32.2. The van der Waals surface area contributed by atoms with E-state index in [2.05, 4.69) is 10.2 Å². The van der Waals surface area contributed by atoms with Crippen LogP contribution in [0.15, 0.2) is 90.1 Å². The number of nitrogens with zero attached hydrogens (tertiary/aromatic N) is 5. The van der Waals surface area contributed by atoms with Gasteiger partial charge in [0.25, 0.3) is 0 Å². The molecular weight excluding hydrogens is 406 g/mol. The van der Waals surface area contributed by atoms with Crippen molar-refractivity contribution in [3.8, 4) is 11.4 Å². The van der Waals surface area contributed by atoms with Gasteiger partial charge in [-0.05, 0) is 24.3 Å². The molecule has 0 aliphatic rings. The molecule has 0 aliphatic heterocycles. The fourth-order valence-corrected chi connectivity index (χ4v) is 4.30. The first-order chi connectivity index (χ1) is 15.2. The Balaban J connectivity index is 1.54. The van der Waals surface area contributed by atoms with Gasteiger partial charge in [-0.25, -0.2) is 4.98 Å². The molecule has 0 saturated carbocycles. The SMILES string of the molecule is CN(C(=O)CSc1nnc2c3ccccc3nc(-c3ccccc3)n12)c1ccccc1. The Bertz CT molecular complexity index is 1370. The van der Waals surface area contributed by atoms with E-state index in [-0.39, 0.29) is 11.7 Å². The average Bonchev–Trinajstić information content (AvgIpc) is 3.27. The van der Waals surface area contributed by atoms with Crippen LogP contribution in [0.2, 0.25) is 0 Å². The van der Waals surface area contributed by atoms with Gasteiger partial charge in [-0.3, -0.25) is 9.20 Å². The fourth-order valence-electron chi connectivity index (χ4n) is 3.45. The molecule has 0 fully saturated rings. The number of hydrogen-bond donors (Lipinski definition) is 0. The molecule has 5 aromatic rings. The van der Waals surface area contributed by atoms with Gasteiger partial charge in [0, 0.05) is 23.7 Å². The van der Waals surface area contributed by atoms with Crippen LogP contribution in [-0.4, -0.2) is 38.3 Å². The number of rotatable bonds is 5. The van der Waals surface area contributed by atoms with Crippen molar-refractivity contribution >= 4 is 39.9 Å². The Morgan fingerprint density at radius 3 is 2.35 bits per heavy atom. The van der Waals surface area contributed by atoms with E-state index in [1.165, 1.54) is 11.8 Å². The lowest BCUT2D eigenvalue weighted by Crippen LogP contribution is -2.27. The summed E-state index contributed by atoms with van der Waals surface area (Å²) >= 11 is 1.36. The van der Waals surface area contributed by atoms with E-state index in [1.807, 2.05) is 89.3 Å². The molecule has 0 atom stereocenters. The minimum Gasteiger partial charge on any atom is -0.315 e. The van der Waals surface area contributed by atoms with Crippen molar-refractivity contribution in [1.29, 1.82) is 0 Å². The quantitative estimate of drug-likeness (QED) is 0.382. The Morgan fingerprint density at radius 1 is 0.903 bits per heavy atom. The normalized spacial score (nSPS) is 11.1. The number of carbonyl (C=O) groups excluding carboxylic acids is 1. The summed E-state index contributed by atoms with van der Waals surface area (Å²) in [5, 5.41) is 10.4. The molecular formula is C24H19N5OS. The maximum absolute atomic E-state index is 12.8. The molecule has 0 radical (unpaired) electrons. The van der Waals surface area contributed by atoms with Gasteiger partial charge >= 0.3 is 0 Å². The van der Waals surface area contributed by atoms with E-state index in [0.29, 0.717) is 5.16 Å². The summed E-state index contributed by atoms with van der Waals surface area (Å²) in [4.78, 5) is 19.3. The molecule has 0 bridgehead atoms. The molecule has 0 unspecified atom stereocenters. The van der Waals surface area contributed by atoms with Crippen LogP contribution < -0.4 is 4.90 Å². The predicted molar refractivity (Wildman–Crippen MR) is 124 cm³/mol. The molecule has 0 spiro atoms. The minimum atomic E-state index is -0.0111. The molecule has 0 aliphatic carbocycles. The largest absolute Gasteiger partial charge is 0.315 e. The Kier molecular flexibility index (Phi) is 5.09. The summed E-state index contributed by atoms with van der Waals surface area (Å²) in [6, 6.07) is 27.4. The van der Waals surface area contributed by atoms with Crippen molar-refractivity contribution in [2.45, 2.75) is 5.16 Å². The monoisotopic (exact) mass is 425 g/mol. The van der Waals surface area contributed by atoms with E-state index < -0.39 is 0 Å². The number of benzene rings is 3. The first kappa shape index (κ1) is 19.3. The van der Waals surface area contributed by atoms with Gasteiger partial charge in [0.15, 0.2) is 10.8 Å². The average molecular weight is 426 g/mol. The van der Waals surface area contributed by atoms with E-state index in [0.717, 1.165) is 33.6 Å². The third-order valence-electron chi connectivity index (χ3n) is 5.09. The predicted octanol–water partition coefficient (Wildman–Crippen LogP) is 4.70. The molecule has 6 nitrogen and oxygen atoms in total. The smallest absolute Gasteiger partial charge is 0.237 e. The summed E-state index contributed by atoms with van der Waals surface area (Å²) in [6.45, 7) is 0. The second-order valence-electron chi connectivity index (χ2n) is 7.04. The number of anilines is 1. The molecule has 5 rings (SSSR count). The van der Waals surface area contributed by atoms with Crippen LogP contribution in [0.5, 0.6) is 0 Å². The zero-order chi connectivity index (χ0) is 21.2. The lowest BCUT2D eigenvalue weighted by atomic mass is 10.2. The molecule has 0 saturated heterocycles. The van der Waals surface area contributed by atoms with E-state index in [9.17, 15) is 4.79 Å². The highest BCUT2D eigenvalue weighted by Gasteiger charge is 2.18. The lowest BCUT2D eigenvalue weighted by molar-refractivity contribution is -0.115. The van der Waals surface area contributed by atoms with Crippen molar-refractivity contribution in [1.82, 2.24) is 19.6 Å². The molecule has 2 heterocycles. The van der Waals surface area contributed by atoms with Crippen LogP contribution in [-0.2, 0) is 4.79 Å². The van der Waals surface area contributed by atoms with Crippen LogP contribution in [0.25, 0.3) is 27.9 Å². The third-order valence-corrected chi connectivity index (χ3v) is 6.00. The number of thioether (sulfide) groups is 1. The summed E-state index contributed by atoms with van der Waals surface area (Å²) in [7, 11) is 1.78. The second kappa shape index (κ2) is 8.20. The standard InChI is InChI=1S/C24H19N5OS/c1-28(18-12-6-3-7-13-18)21(30)16-31-24-27-26-23-19-14-8-9-15-20(19)25-22(29(23)24)17-10-4-2-5-11-17/h2-15H,16H2,1H3. The topological polar surface area (TPSA) is 63.4 Å². The van der Waals surface area contributed by atoms with Crippen molar-refractivity contribution in [2.24, 2.45) is 0 Å². The molecule has 7 heteroatoms. The van der Waals surface area contributed by atoms with Gasteiger partial charge in [-0.1, -0.05) is 72.4 Å². The van der Waals surface area contributed by atoms with Crippen molar-refractivity contribution < 1.29 is 4.79 Å². The zero-order valence-electron chi connectivity index (χ0n) is 16.8. The first-order valence-corrected chi connectivity index (χ1v) is 10.8. The molecule has 0 N–H and O–H groups in total. The Labute approximate surface area is 183 Å². The number of amides is 1. The fraction of sp³-hybridized carbons (Fsp3) is 0.0833. The summed E-state index contributed by atoms with van der Waals surface area (Å²) in [5.74, 6) is 0.987. The number of aromatic nitrogens is 4. The number of fused-ring (bicyclic) bond motifs is 3. The highest BCUT2D eigenvalue weighted by molar-refractivity contribution is 7.99. The number of carbonyl (C=O) groups is 1. The van der Waals surface area contributed by atoms with Crippen LogP contribution in [0.1, 0.15) is 0 Å². The number of hydrogen-bond acceptors (Lipinski definition) is 5. The van der Waals surface area contributed by atoms with Crippen molar-refractivity contribution in [3.05, 3.63) is 84.9 Å². The molecule has 1 amide bonds. The van der Waals surface area contributed by atoms with Gasteiger partial charge in [0.1, 0.15) is 5.82 Å². The van der Waals surface area contributed by atoms with Crippen molar-refractivity contribution in [3.63, 3.8) is 0 Å². The van der Waals surface area contributed by atoms with Gasteiger partial charge in [-0.2, -0.15) is 0 Å². The van der Waals surface area contributed by atoms with Crippen LogP contribution in [0.3, 0.4) is 0 Å². The van der Waals surface area contributed by atoms with Gasteiger partial charge in [0.05, 0.1) is 11.3 Å². The zero-order valence-corrected chi connectivity index (χ0v) is 17.7. The molecule has 31 heavy (non-hydrogen) atoms. The van der Waals surface area contributed by atoms with Gasteiger partial charge in [-0.15, -0.1) is 10.2 Å². The summed E-state index contributed by atoms with van der Waals surface area (Å²) < 4.78 is 1.94. The van der Waals surface area contributed by atoms with Gasteiger partial charge < -0.3 is 4.90 Å². The lowest BCUT2D eigenvalue weighted by Gasteiger charge is -2.16. The molecule has 2 aromatic heterocycles. The maximum Gasteiger partial charge on any atom is 0.237 e. The van der Waals surface area contributed by atoms with Crippen LogP contribution in [0, 0.1) is 0 Å². The summed E-state index contributed by atoms with van der Waals surface area (Å²) in [5.41, 5.74) is 3.41. The number of para-hydroxylation sites is 2.